The molecule has 0 aliphatic heterocycles. The summed E-state index contributed by atoms with van der Waals surface area (Å²) in [4.78, 5) is 22.2. The van der Waals surface area contributed by atoms with Crippen LogP contribution in [-0.2, 0) is 9.59 Å². The van der Waals surface area contributed by atoms with E-state index in [1.165, 1.54) is 6.08 Å². The monoisotopic (exact) mass is 247 g/mol. The third-order valence-corrected chi connectivity index (χ3v) is 2.24. The number of carbonyl (C=O) groups excluding carboxylic acids is 1. The molecule has 0 bridgehead atoms. The Kier molecular flexibility index (Phi) is 4.26. The number of carboxylic acid groups (broad SMARTS) is 1. The molecular weight excluding hydrogens is 230 g/mol. The highest BCUT2D eigenvalue weighted by Crippen LogP contribution is 2.18. The Hall–Kier alpha value is -2.10. The molecule has 0 aliphatic rings. The van der Waals surface area contributed by atoms with Crippen molar-refractivity contribution < 1.29 is 14.7 Å². The molecule has 96 valence electrons. The molecule has 0 fully saturated rings. The maximum atomic E-state index is 11.8. The van der Waals surface area contributed by atoms with Crippen LogP contribution in [0.5, 0.6) is 0 Å². The van der Waals surface area contributed by atoms with Gasteiger partial charge in [0, 0.05) is 17.2 Å². The molecule has 1 amide bonds. The fourth-order valence-corrected chi connectivity index (χ4v) is 1.21. The lowest BCUT2D eigenvalue weighted by Crippen LogP contribution is -2.27. The topological polar surface area (TPSA) is 66.4 Å². The molecule has 1 aromatic carbocycles. The van der Waals surface area contributed by atoms with E-state index in [-0.39, 0.29) is 5.91 Å². The predicted molar refractivity (Wildman–Crippen MR) is 71.2 cm³/mol. The van der Waals surface area contributed by atoms with E-state index in [0.717, 1.165) is 11.6 Å². The zero-order chi connectivity index (χ0) is 13.8. The van der Waals surface area contributed by atoms with Gasteiger partial charge in [-0.25, -0.2) is 4.79 Å². The first-order chi connectivity index (χ1) is 8.29. The van der Waals surface area contributed by atoms with Crippen LogP contribution in [0, 0.1) is 5.41 Å². The van der Waals surface area contributed by atoms with E-state index < -0.39 is 11.4 Å². The zero-order valence-corrected chi connectivity index (χ0v) is 10.7. The summed E-state index contributed by atoms with van der Waals surface area (Å²) in [6, 6.07) is 7.02. The van der Waals surface area contributed by atoms with Crippen molar-refractivity contribution in [2.75, 3.05) is 5.32 Å². The lowest BCUT2D eigenvalue weighted by atomic mass is 9.95. The number of nitrogens with one attached hydrogen (secondary N) is 1. The van der Waals surface area contributed by atoms with Crippen LogP contribution >= 0.6 is 0 Å². The number of benzene rings is 1. The van der Waals surface area contributed by atoms with E-state index >= 15 is 0 Å². The van der Waals surface area contributed by atoms with Crippen LogP contribution in [0.1, 0.15) is 26.3 Å². The molecule has 0 radical (unpaired) electrons. The van der Waals surface area contributed by atoms with Crippen LogP contribution in [0.3, 0.4) is 0 Å². The molecule has 2 N–H and O–H groups in total. The Bertz CT molecular complexity index is 484. The molecule has 1 rings (SSSR count). The summed E-state index contributed by atoms with van der Waals surface area (Å²) in [7, 11) is 0. The lowest BCUT2D eigenvalue weighted by Gasteiger charge is -2.17. The molecule has 0 saturated heterocycles. The second kappa shape index (κ2) is 5.49. The maximum Gasteiger partial charge on any atom is 0.328 e. The first-order valence-electron chi connectivity index (χ1n) is 5.61. The number of carbonyl (C=O) groups is 2. The van der Waals surface area contributed by atoms with E-state index in [0.29, 0.717) is 5.69 Å². The second-order valence-electron chi connectivity index (χ2n) is 5.00. The molecule has 0 saturated carbocycles. The largest absolute Gasteiger partial charge is 0.478 e. The number of carboxylic acids is 1. The highest BCUT2D eigenvalue weighted by atomic mass is 16.4. The SMILES string of the molecule is CC(C)(C)C(=O)Nc1cccc(/C=C/C(=O)O)c1. The summed E-state index contributed by atoms with van der Waals surface area (Å²) in [5, 5.41) is 11.3. The van der Waals surface area contributed by atoms with E-state index in [9.17, 15) is 9.59 Å². The number of hydrogen-bond acceptors (Lipinski definition) is 2. The lowest BCUT2D eigenvalue weighted by molar-refractivity contribution is -0.131. The first-order valence-corrected chi connectivity index (χ1v) is 5.61. The summed E-state index contributed by atoms with van der Waals surface area (Å²) >= 11 is 0. The highest BCUT2D eigenvalue weighted by Gasteiger charge is 2.20. The van der Waals surface area contributed by atoms with Gasteiger partial charge in [-0.2, -0.15) is 0 Å². The second-order valence-corrected chi connectivity index (χ2v) is 5.00. The van der Waals surface area contributed by atoms with Crippen molar-refractivity contribution in [2.45, 2.75) is 20.8 Å². The summed E-state index contributed by atoms with van der Waals surface area (Å²) in [6.07, 6.45) is 2.54. The molecule has 1 aromatic rings. The smallest absolute Gasteiger partial charge is 0.328 e. The van der Waals surface area contributed by atoms with Crippen LogP contribution in [-0.4, -0.2) is 17.0 Å². The van der Waals surface area contributed by atoms with Gasteiger partial charge in [0.2, 0.25) is 5.91 Å². The van der Waals surface area contributed by atoms with Gasteiger partial charge in [-0.1, -0.05) is 32.9 Å². The van der Waals surface area contributed by atoms with Crippen molar-refractivity contribution in [1.29, 1.82) is 0 Å². The summed E-state index contributed by atoms with van der Waals surface area (Å²) in [6.45, 7) is 5.49. The Morgan fingerprint density at radius 1 is 1.28 bits per heavy atom. The Morgan fingerprint density at radius 2 is 1.94 bits per heavy atom. The molecule has 0 aliphatic carbocycles. The van der Waals surface area contributed by atoms with Gasteiger partial charge in [-0.15, -0.1) is 0 Å². The van der Waals surface area contributed by atoms with Gasteiger partial charge in [-0.05, 0) is 23.8 Å². The van der Waals surface area contributed by atoms with Gasteiger partial charge in [0.1, 0.15) is 0 Å². The molecule has 0 spiro atoms. The minimum atomic E-state index is -1.00. The van der Waals surface area contributed by atoms with E-state index in [4.69, 9.17) is 5.11 Å². The maximum absolute atomic E-state index is 11.8. The normalized spacial score (nSPS) is 11.5. The molecule has 18 heavy (non-hydrogen) atoms. The van der Waals surface area contributed by atoms with Gasteiger partial charge in [0.25, 0.3) is 0 Å². The van der Waals surface area contributed by atoms with Gasteiger partial charge < -0.3 is 10.4 Å². The number of anilines is 1. The molecular formula is C14H17NO3. The molecule has 0 heterocycles. The summed E-state index contributed by atoms with van der Waals surface area (Å²) in [5.41, 5.74) is 0.916. The Balaban J connectivity index is 2.83. The van der Waals surface area contributed by atoms with Crippen molar-refractivity contribution in [3.05, 3.63) is 35.9 Å². The van der Waals surface area contributed by atoms with Gasteiger partial charge in [0.05, 0.1) is 0 Å². The average molecular weight is 247 g/mol. The van der Waals surface area contributed by atoms with Crippen molar-refractivity contribution >= 4 is 23.6 Å². The molecule has 0 aromatic heterocycles. The highest BCUT2D eigenvalue weighted by molar-refractivity contribution is 5.94. The van der Waals surface area contributed by atoms with Gasteiger partial charge in [0.15, 0.2) is 0 Å². The zero-order valence-electron chi connectivity index (χ0n) is 10.7. The van der Waals surface area contributed by atoms with E-state index in [1.807, 2.05) is 20.8 Å². The fraction of sp³-hybridized carbons (Fsp3) is 0.286. The van der Waals surface area contributed by atoms with Crippen LogP contribution < -0.4 is 5.32 Å². The quantitative estimate of drug-likeness (QED) is 0.807. The molecule has 0 atom stereocenters. The van der Waals surface area contributed by atoms with Crippen LogP contribution in [0.4, 0.5) is 5.69 Å². The summed E-state index contributed by atoms with van der Waals surface area (Å²) < 4.78 is 0. The third kappa shape index (κ3) is 4.41. The van der Waals surface area contributed by atoms with Crippen LogP contribution in [0.25, 0.3) is 6.08 Å². The van der Waals surface area contributed by atoms with Crippen molar-refractivity contribution in [3.63, 3.8) is 0 Å². The molecule has 0 unspecified atom stereocenters. The Labute approximate surface area is 106 Å². The van der Waals surface area contributed by atoms with Crippen LogP contribution in [0.2, 0.25) is 0 Å². The van der Waals surface area contributed by atoms with Crippen molar-refractivity contribution in [2.24, 2.45) is 5.41 Å². The van der Waals surface area contributed by atoms with Crippen molar-refractivity contribution in [1.82, 2.24) is 0 Å². The van der Waals surface area contributed by atoms with E-state index in [2.05, 4.69) is 5.32 Å². The molecule has 4 heteroatoms. The number of rotatable bonds is 3. The van der Waals surface area contributed by atoms with Gasteiger partial charge >= 0.3 is 5.97 Å². The third-order valence-electron chi connectivity index (χ3n) is 2.24. The number of aliphatic carboxylic acids is 1. The minimum absolute atomic E-state index is 0.0816. The van der Waals surface area contributed by atoms with Gasteiger partial charge in [-0.3, -0.25) is 4.79 Å². The standard InChI is InChI=1S/C14H17NO3/c1-14(2,3)13(18)15-11-6-4-5-10(9-11)7-8-12(16)17/h4-9H,1-3H3,(H,15,18)(H,16,17)/b8-7+. The summed E-state index contributed by atoms with van der Waals surface area (Å²) in [5.74, 6) is -1.08. The fourth-order valence-electron chi connectivity index (χ4n) is 1.21. The van der Waals surface area contributed by atoms with Crippen molar-refractivity contribution in [3.8, 4) is 0 Å². The molecule has 4 nitrogen and oxygen atoms in total. The first kappa shape index (κ1) is 14.0. The Morgan fingerprint density at radius 3 is 2.50 bits per heavy atom. The van der Waals surface area contributed by atoms with E-state index in [1.54, 1.807) is 24.3 Å². The number of amides is 1. The average Bonchev–Trinajstić information content (AvgIpc) is 2.25. The number of hydrogen-bond donors (Lipinski definition) is 2. The predicted octanol–water partition coefficient (Wildman–Crippen LogP) is 2.77. The van der Waals surface area contributed by atoms with Crippen LogP contribution in [0.15, 0.2) is 30.3 Å². The minimum Gasteiger partial charge on any atom is -0.478 e.